The summed E-state index contributed by atoms with van der Waals surface area (Å²) in [6.45, 7) is 0. The molecule has 1 aliphatic rings. The zero-order valence-electron chi connectivity index (χ0n) is 15.4. The topological polar surface area (TPSA) is 119 Å². The normalized spacial score (nSPS) is 13.6. The molecule has 0 saturated heterocycles. The number of anilines is 1. The van der Waals surface area contributed by atoms with Crippen LogP contribution in [0, 0.1) is 0 Å². The van der Waals surface area contributed by atoms with Gasteiger partial charge in [-0.25, -0.2) is 4.68 Å². The first-order chi connectivity index (χ1) is 14.1. The fraction of sp³-hybridized carbons (Fsp3) is 0.150. The van der Waals surface area contributed by atoms with Gasteiger partial charge in [-0.3, -0.25) is 0 Å². The van der Waals surface area contributed by atoms with Gasteiger partial charge in [-0.15, -0.1) is 0 Å². The molecule has 0 radical (unpaired) electrons. The molecule has 0 bridgehead atoms. The third-order valence-corrected chi connectivity index (χ3v) is 4.96. The maximum atomic E-state index is 9.95. The molecule has 0 amide bonds. The minimum absolute atomic E-state index is 0.114. The Morgan fingerprint density at radius 1 is 1.17 bits per heavy atom. The van der Waals surface area contributed by atoms with Gasteiger partial charge in [0.2, 0.25) is 0 Å². The molecule has 1 fully saturated rings. The maximum Gasteiger partial charge on any atom is 0.492 e. The Morgan fingerprint density at radius 2 is 2.03 bits per heavy atom. The molecule has 4 N–H and O–H groups in total. The second kappa shape index (κ2) is 6.87. The van der Waals surface area contributed by atoms with Crippen molar-refractivity contribution in [3.05, 3.63) is 55.0 Å². The summed E-state index contributed by atoms with van der Waals surface area (Å²) in [5.41, 5.74) is 9.83. The maximum absolute atomic E-state index is 9.95. The number of benzene rings is 2. The Hall–Kier alpha value is -3.43. The number of hydrogen-bond acceptors (Lipinski definition) is 7. The van der Waals surface area contributed by atoms with Crippen LogP contribution < -0.4 is 15.9 Å². The number of nitrogens with zero attached hydrogens (tertiary/aromatic N) is 4. The van der Waals surface area contributed by atoms with Crippen LogP contribution in [0.15, 0.2) is 55.0 Å². The number of fused-ring (bicyclic) bond motifs is 1. The van der Waals surface area contributed by atoms with E-state index in [1.165, 1.54) is 6.20 Å². The first kappa shape index (κ1) is 17.7. The largest absolute Gasteiger partial charge is 0.492 e. The summed E-state index contributed by atoms with van der Waals surface area (Å²) >= 11 is 0. The summed E-state index contributed by atoms with van der Waals surface area (Å²) in [5.74, 6) is 0.446. The molecule has 2 heterocycles. The van der Waals surface area contributed by atoms with E-state index < -0.39 is 7.12 Å². The van der Waals surface area contributed by atoms with Crippen LogP contribution in [0.3, 0.4) is 0 Å². The van der Waals surface area contributed by atoms with E-state index in [1.54, 1.807) is 23.0 Å². The van der Waals surface area contributed by atoms with E-state index in [0.29, 0.717) is 22.4 Å². The standard InChI is InChI=1S/C20H18BN5O3/c22-17-11-23-25-18-8-12(2-5-14(17)18)15-9-16(21(27)28)20(29-13-3-4-13)10-19(15)26-7-1-6-24-26/h1-2,5-11,13,27-28H,3-4H2,(H2,22,25). The van der Waals surface area contributed by atoms with Crippen LogP contribution in [-0.4, -0.2) is 43.2 Å². The Morgan fingerprint density at radius 3 is 2.76 bits per heavy atom. The smallest absolute Gasteiger partial charge is 0.491 e. The van der Waals surface area contributed by atoms with Gasteiger partial charge in [0.25, 0.3) is 0 Å². The zero-order chi connectivity index (χ0) is 20.0. The van der Waals surface area contributed by atoms with Gasteiger partial charge in [0, 0.05) is 34.9 Å². The van der Waals surface area contributed by atoms with Crippen LogP contribution in [0.2, 0.25) is 0 Å². The molecule has 9 heteroatoms. The molecule has 0 aliphatic heterocycles. The van der Waals surface area contributed by atoms with Gasteiger partial charge in [-0.1, -0.05) is 6.07 Å². The van der Waals surface area contributed by atoms with E-state index in [1.807, 2.05) is 30.5 Å². The molecule has 1 saturated carbocycles. The molecule has 29 heavy (non-hydrogen) atoms. The molecule has 2 aromatic heterocycles. The van der Waals surface area contributed by atoms with Crippen molar-refractivity contribution >= 4 is 29.2 Å². The monoisotopic (exact) mass is 387 g/mol. The van der Waals surface area contributed by atoms with Gasteiger partial charge in [0.1, 0.15) is 5.75 Å². The highest BCUT2D eigenvalue weighted by molar-refractivity contribution is 6.60. The molecule has 8 nitrogen and oxygen atoms in total. The van der Waals surface area contributed by atoms with E-state index in [-0.39, 0.29) is 6.10 Å². The van der Waals surface area contributed by atoms with E-state index >= 15 is 0 Å². The van der Waals surface area contributed by atoms with Gasteiger partial charge in [0.05, 0.1) is 29.2 Å². The highest BCUT2D eigenvalue weighted by atomic mass is 16.5. The van der Waals surface area contributed by atoms with Gasteiger partial charge in [0.15, 0.2) is 0 Å². The molecule has 144 valence electrons. The summed E-state index contributed by atoms with van der Waals surface area (Å²) in [4.78, 5) is 0. The SMILES string of the molecule is Nc1cnnc2cc(-c3cc(B(O)O)c(OC4CC4)cc3-n3cccn3)ccc12. The molecule has 0 spiro atoms. The first-order valence-corrected chi connectivity index (χ1v) is 9.32. The number of nitrogens with two attached hydrogens (primary N) is 1. The summed E-state index contributed by atoms with van der Waals surface area (Å²) in [6.07, 6.45) is 7.07. The fourth-order valence-corrected chi connectivity index (χ4v) is 3.34. The Bertz CT molecular complexity index is 1190. The number of hydrogen-bond donors (Lipinski definition) is 3. The lowest BCUT2D eigenvalue weighted by atomic mass is 9.77. The third-order valence-electron chi connectivity index (χ3n) is 4.96. The summed E-state index contributed by atoms with van der Waals surface area (Å²) in [5, 5.41) is 33.2. The lowest BCUT2D eigenvalue weighted by Gasteiger charge is -2.17. The fourth-order valence-electron chi connectivity index (χ4n) is 3.34. The lowest BCUT2D eigenvalue weighted by molar-refractivity contribution is 0.303. The van der Waals surface area contributed by atoms with Crippen LogP contribution in [0.4, 0.5) is 5.69 Å². The zero-order valence-corrected chi connectivity index (χ0v) is 15.4. The van der Waals surface area contributed by atoms with Crippen LogP contribution in [-0.2, 0) is 0 Å². The second-order valence-corrected chi connectivity index (χ2v) is 7.08. The highest BCUT2D eigenvalue weighted by Crippen LogP contribution is 2.34. The highest BCUT2D eigenvalue weighted by Gasteiger charge is 2.28. The summed E-state index contributed by atoms with van der Waals surface area (Å²) in [6, 6.07) is 11.0. The molecule has 2 aromatic carbocycles. The molecule has 0 unspecified atom stereocenters. The van der Waals surface area contributed by atoms with Gasteiger partial charge >= 0.3 is 7.12 Å². The molecule has 4 aromatic rings. The number of nitrogen functional groups attached to an aromatic ring is 1. The predicted molar refractivity (Wildman–Crippen MR) is 110 cm³/mol. The predicted octanol–water partition coefficient (Wildman–Crippen LogP) is 1.29. The van der Waals surface area contributed by atoms with Crippen molar-refractivity contribution in [2.24, 2.45) is 0 Å². The number of rotatable bonds is 5. The third kappa shape index (κ3) is 3.30. The quantitative estimate of drug-likeness (QED) is 0.442. The average Bonchev–Trinajstić information content (AvgIpc) is 3.36. The minimum atomic E-state index is -1.66. The Kier molecular flexibility index (Phi) is 4.19. The molecular formula is C20H18BN5O3. The molecule has 5 rings (SSSR count). The van der Waals surface area contributed by atoms with Crippen molar-refractivity contribution in [2.75, 3.05) is 5.73 Å². The molecule has 0 atom stereocenters. The van der Waals surface area contributed by atoms with E-state index in [2.05, 4.69) is 15.3 Å². The van der Waals surface area contributed by atoms with Gasteiger partial charge in [-0.05, 0) is 42.7 Å². The van der Waals surface area contributed by atoms with Crippen molar-refractivity contribution in [3.63, 3.8) is 0 Å². The van der Waals surface area contributed by atoms with Crippen LogP contribution >= 0.6 is 0 Å². The van der Waals surface area contributed by atoms with E-state index in [4.69, 9.17) is 10.5 Å². The average molecular weight is 387 g/mol. The number of ether oxygens (including phenoxy) is 1. The first-order valence-electron chi connectivity index (χ1n) is 9.32. The van der Waals surface area contributed by atoms with Crippen molar-refractivity contribution in [1.82, 2.24) is 20.0 Å². The van der Waals surface area contributed by atoms with Gasteiger partial charge < -0.3 is 20.5 Å². The molecule has 1 aliphatic carbocycles. The molecular weight excluding hydrogens is 369 g/mol. The van der Waals surface area contributed by atoms with Crippen molar-refractivity contribution in [1.29, 1.82) is 0 Å². The van der Waals surface area contributed by atoms with Crippen LogP contribution in [0.1, 0.15) is 12.8 Å². The number of aromatic nitrogens is 4. The van der Waals surface area contributed by atoms with Crippen LogP contribution in [0.25, 0.3) is 27.7 Å². The lowest BCUT2D eigenvalue weighted by Crippen LogP contribution is -2.32. The minimum Gasteiger partial charge on any atom is -0.491 e. The van der Waals surface area contributed by atoms with Crippen LogP contribution in [0.5, 0.6) is 5.75 Å². The van der Waals surface area contributed by atoms with Gasteiger partial charge in [-0.2, -0.15) is 15.3 Å². The Balaban J connectivity index is 1.73. The summed E-state index contributed by atoms with van der Waals surface area (Å²) in [7, 11) is -1.66. The summed E-state index contributed by atoms with van der Waals surface area (Å²) < 4.78 is 7.65. The van der Waals surface area contributed by atoms with Crippen molar-refractivity contribution in [3.8, 4) is 22.6 Å². The second-order valence-electron chi connectivity index (χ2n) is 7.08. The Labute approximate surface area is 166 Å². The van der Waals surface area contributed by atoms with Crippen molar-refractivity contribution in [2.45, 2.75) is 18.9 Å². The van der Waals surface area contributed by atoms with E-state index in [9.17, 15) is 10.0 Å². The van der Waals surface area contributed by atoms with E-state index in [0.717, 1.165) is 35.0 Å². The van der Waals surface area contributed by atoms with Crippen molar-refractivity contribution < 1.29 is 14.8 Å².